The number of rotatable bonds is 2. The SMILES string of the molecule is O=C(O)c1ccc(Cl)cc1B(O)O. The van der Waals surface area contributed by atoms with Crippen LogP contribution in [0.1, 0.15) is 10.4 Å². The van der Waals surface area contributed by atoms with E-state index < -0.39 is 13.1 Å². The lowest BCUT2D eigenvalue weighted by atomic mass is 9.77. The molecule has 0 unspecified atom stereocenters. The zero-order valence-corrected chi connectivity index (χ0v) is 7.19. The highest BCUT2D eigenvalue weighted by atomic mass is 35.5. The molecule has 68 valence electrons. The van der Waals surface area contributed by atoms with Crippen LogP contribution in [0.3, 0.4) is 0 Å². The van der Waals surface area contributed by atoms with Crippen LogP contribution in [0.4, 0.5) is 0 Å². The average molecular weight is 200 g/mol. The standard InChI is InChI=1S/C7H6BClO4/c9-4-1-2-5(7(10)11)6(3-4)8(12)13/h1-3,12-13H,(H,10,11). The fourth-order valence-electron chi connectivity index (χ4n) is 0.942. The second-order valence-electron chi connectivity index (χ2n) is 2.41. The Morgan fingerprint density at radius 2 is 2.00 bits per heavy atom. The summed E-state index contributed by atoms with van der Waals surface area (Å²) in [5, 5.41) is 26.5. The van der Waals surface area contributed by atoms with Gasteiger partial charge in [0.25, 0.3) is 0 Å². The Bertz CT molecular complexity index is 339. The molecule has 13 heavy (non-hydrogen) atoms. The van der Waals surface area contributed by atoms with Gasteiger partial charge < -0.3 is 15.2 Å². The molecule has 0 aliphatic rings. The molecule has 1 aromatic carbocycles. The fourth-order valence-corrected chi connectivity index (χ4v) is 1.12. The molecule has 0 amide bonds. The predicted octanol–water partition coefficient (Wildman–Crippen LogP) is -0.282. The summed E-state index contributed by atoms with van der Waals surface area (Å²) in [6.07, 6.45) is 0. The molecule has 0 aromatic heterocycles. The summed E-state index contributed by atoms with van der Waals surface area (Å²) in [6.45, 7) is 0. The molecular formula is C7H6BClO4. The molecule has 0 spiro atoms. The van der Waals surface area contributed by atoms with Crippen molar-refractivity contribution >= 4 is 30.2 Å². The van der Waals surface area contributed by atoms with Gasteiger partial charge in [-0.1, -0.05) is 11.6 Å². The van der Waals surface area contributed by atoms with Crippen molar-refractivity contribution in [2.24, 2.45) is 0 Å². The monoisotopic (exact) mass is 200 g/mol. The molecule has 1 aromatic rings. The van der Waals surface area contributed by atoms with E-state index >= 15 is 0 Å². The molecule has 0 fully saturated rings. The number of hydrogen-bond donors (Lipinski definition) is 3. The second-order valence-corrected chi connectivity index (χ2v) is 2.85. The third-order valence-corrected chi connectivity index (χ3v) is 1.76. The molecular weight excluding hydrogens is 194 g/mol. The van der Waals surface area contributed by atoms with Gasteiger partial charge >= 0.3 is 13.1 Å². The van der Waals surface area contributed by atoms with Gasteiger partial charge in [0.05, 0.1) is 5.56 Å². The van der Waals surface area contributed by atoms with E-state index in [0.29, 0.717) is 0 Å². The van der Waals surface area contributed by atoms with Crippen LogP contribution in [-0.2, 0) is 0 Å². The third kappa shape index (κ3) is 2.21. The van der Waals surface area contributed by atoms with Crippen molar-refractivity contribution in [2.45, 2.75) is 0 Å². The number of carbonyl (C=O) groups is 1. The van der Waals surface area contributed by atoms with Crippen LogP contribution in [-0.4, -0.2) is 28.2 Å². The highest BCUT2D eigenvalue weighted by Gasteiger charge is 2.20. The van der Waals surface area contributed by atoms with Gasteiger partial charge in [-0.2, -0.15) is 0 Å². The van der Waals surface area contributed by atoms with Crippen LogP contribution in [0.25, 0.3) is 0 Å². The van der Waals surface area contributed by atoms with Crippen molar-refractivity contribution in [3.63, 3.8) is 0 Å². The van der Waals surface area contributed by atoms with E-state index in [2.05, 4.69) is 0 Å². The lowest BCUT2D eigenvalue weighted by Gasteiger charge is -2.04. The van der Waals surface area contributed by atoms with Gasteiger partial charge in [-0.3, -0.25) is 0 Å². The van der Waals surface area contributed by atoms with Gasteiger partial charge in [-0.05, 0) is 23.7 Å². The summed E-state index contributed by atoms with van der Waals surface area (Å²) < 4.78 is 0. The largest absolute Gasteiger partial charge is 0.489 e. The Labute approximate surface area is 79.5 Å². The van der Waals surface area contributed by atoms with Crippen molar-refractivity contribution in [2.75, 3.05) is 0 Å². The minimum atomic E-state index is -1.83. The maximum absolute atomic E-state index is 10.6. The van der Waals surface area contributed by atoms with Gasteiger partial charge in [0.15, 0.2) is 0 Å². The number of carboxylic acids is 1. The van der Waals surface area contributed by atoms with E-state index in [-0.39, 0.29) is 16.0 Å². The highest BCUT2D eigenvalue weighted by Crippen LogP contribution is 2.08. The molecule has 1 rings (SSSR count). The summed E-state index contributed by atoms with van der Waals surface area (Å²) in [7, 11) is -1.83. The zero-order chi connectivity index (χ0) is 10.0. The summed E-state index contributed by atoms with van der Waals surface area (Å²) in [5.41, 5.74) is -0.278. The van der Waals surface area contributed by atoms with Crippen LogP contribution < -0.4 is 5.46 Å². The van der Waals surface area contributed by atoms with Crippen LogP contribution in [0.2, 0.25) is 5.02 Å². The van der Waals surface area contributed by atoms with E-state index in [1.807, 2.05) is 0 Å². The van der Waals surface area contributed by atoms with Crippen molar-refractivity contribution in [1.29, 1.82) is 0 Å². The molecule has 0 radical (unpaired) electrons. The first-order chi connectivity index (χ1) is 6.02. The van der Waals surface area contributed by atoms with Crippen molar-refractivity contribution in [3.05, 3.63) is 28.8 Å². The smallest absolute Gasteiger partial charge is 0.478 e. The first kappa shape index (κ1) is 10.0. The van der Waals surface area contributed by atoms with Crippen molar-refractivity contribution in [3.8, 4) is 0 Å². The minimum absolute atomic E-state index is 0.111. The molecule has 4 nitrogen and oxygen atoms in total. The molecule has 6 heteroatoms. The summed E-state index contributed by atoms with van der Waals surface area (Å²) in [4.78, 5) is 10.6. The molecule has 0 bridgehead atoms. The molecule has 0 atom stereocenters. The Balaban J connectivity index is 3.26. The fraction of sp³-hybridized carbons (Fsp3) is 0. The van der Waals surface area contributed by atoms with Gasteiger partial charge in [0.1, 0.15) is 0 Å². The van der Waals surface area contributed by atoms with Crippen LogP contribution >= 0.6 is 11.6 Å². The first-order valence-corrected chi connectivity index (χ1v) is 3.79. The van der Waals surface area contributed by atoms with Gasteiger partial charge in [-0.25, -0.2) is 4.79 Å². The average Bonchev–Trinajstić information content (AvgIpc) is 2.03. The Kier molecular flexibility index (Phi) is 2.92. The first-order valence-electron chi connectivity index (χ1n) is 3.41. The Morgan fingerprint density at radius 1 is 1.38 bits per heavy atom. The number of carboxylic acid groups (broad SMARTS) is 1. The highest BCUT2D eigenvalue weighted by molar-refractivity contribution is 6.60. The third-order valence-electron chi connectivity index (χ3n) is 1.52. The molecule has 0 aliphatic carbocycles. The van der Waals surface area contributed by atoms with Crippen molar-refractivity contribution < 1.29 is 19.9 Å². The van der Waals surface area contributed by atoms with Gasteiger partial charge in [-0.15, -0.1) is 0 Å². The number of halogens is 1. The minimum Gasteiger partial charge on any atom is -0.478 e. The number of benzene rings is 1. The maximum atomic E-state index is 10.6. The van der Waals surface area contributed by atoms with E-state index in [1.54, 1.807) is 0 Å². The van der Waals surface area contributed by atoms with E-state index in [1.165, 1.54) is 18.2 Å². The molecule has 0 saturated carbocycles. The van der Waals surface area contributed by atoms with Gasteiger partial charge in [0.2, 0.25) is 0 Å². The summed E-state index contributed by atoms with van der Waals surface area (Å²) in [6, 6.07) is 3.80. The second kappa shape index (κ2) is 3.78. The maximum Gasteiger partial charge on any atom is 0.489 e. The topological polar surface area (TPSA) is 77.8 Å². The van der Waals surface area contributed by atoms with E-state index in [9.17, 15) is 4.79 Å². The molecule has 0 saturated heterocycles. The Hall–Kier alpha value is -1.04. The lowest BCUT2D eigenvalue weighted by Crippen LogP contribution is -2.34. The predicted molar refractivity (Wildman–Crippen MR) is 48.2 cm³/mol. The van der Waals surface area contributed by atoms with Crippen LogP contribution in [0.15, 0.2) is 18.2 Å². The molecule has 0 aliphatic heterocycles. The van der Waals surface area contributed by atoms with Crippen molar-refractivity contribution in [1.82, 2.24) is 0 Å². The number of aromatic carboxylic acids is 1. The Morgan fingerprint density at radius 3 is 2.46 bits per heavy atom. The van der Waals surface area contributed by atoms with Crippen LogP contribution in [0.5, 0.6) is 0 Å². The number of hydrogen-bond acceptors (Lipinski definition) is 3. The lowest BCUT2D eigenvalue weighted by molar-refractivity contribution is 0.0698. The van der Waals surface area contributed by atoms with E-state index in [4.69, 9.17) is 26.8 Å². The quantitative estimate of drug-likeness (QED) is 0.574. The van der Waals surface area contributed by atoms with Gasteiger partial charge in [0, 0.05) is 5.02 Å². The summed E-state index contributed by atoms with van der Waals surface area (Å²) in [5.74, 6) is -1.22. The normalized spacial score (nSPS) is 9.77. The molecule has 3 N–H and O–H groups in total. The summed E-state index contributed by atoms with van der Waals surface area (Å²) >= 11 is 5.55. The van der Waals surface area contributed by atoms with E-state index in [0.717, 1.165) is 0 Å². The zero-order valence-electron chi connectivity index (χ0n) is 6.44. The molecule has 0 heterocycles. The van der Waals surface area contributed by atoms with Crippen LogP contribution in [0, 0.1) is 0 Å².